The molecule has 0 aromatic heterocycles. The van der Waals surface area contributed by atoms with E-state index in [0.29, 0.717) is 30.8 Å². The third-order valence-corrected chi connectivity index (χ3v) is 9.50. The molecule has 20 nitrogen and oxygen atoms in total. The number of methoxy groups -OCH3 is 1. The molecule has 0 aliphatic carbocycles. The van der Waals surface area contributed by atoms with E-state index in [-0.39, 0.29) is 83.1 Å². The summed E-state index contributed by atoms with van der Waals surface area (Å²) in [6, 6.07) is 3.93. The number of likely N-dealkylation sites (N-methyl/N-ethyl adjacent to an activating group) is 1. The molecule has 0 bridgehead atoms. The highest BCUT2D eigenvalue weighted by Gasteiger charge is 2.30. The summed E-state index contributed by atoms with van der Waals surface area (Å²) in [5, 5.41) is 13.4. The zero-order valence-electron chi connectivity index (χ0n) is 34.3. The summed E-state index contributed by atoms with van der Waals surface area (Å²) < 4.78 is 16.4. The van der Waals surface area contributed by atoms with Crippen molar-refractivity contribution in [2.75, 3.05) is 91.7 Å². The summed E-state index contributed by atoms with van der Waals surface area (Å²) in [7, 11) is 3.47. The number of carbonyl (C=O) groups excluding carboxylic acids is 8. The van der Waals surface area contributed by atoms with Gasteiger partial charge in [-0.25, -0.2) is 4.79 Å². The maximum atomic E-state index is 13.5. The molecule has 0 radical (unpaired) electrons. The molecule has 1 aromatic rings. The lowest BCUT2D eigenvalue weighted by Crippen LogP contribution is -2.54. The highest BCUT2D eigenvalue weighted by atomic mass is 16.5. The van der Waals surface area contributed by atoms with Gasteiger partial charge in [-0.15, -0.1) is 0 Å². The molecule has 0 spiro atoms. The van der Waals surface area contributed by atoms with Crippen LogP contribution in [-0.2, 0) is 47.8 Å². The average Bonchev–Trinajstić information content (AvgIpc) is 3.52. The van der Waals surface area contributed by atoms with Crippen LogP contribution in [-0.4, -0.2) is 161 Å². The fraction of sp³-hybridized carbons (Fsp3) is 0.590. The number of piperazine rings is 1. The van der Waals surface area contributed by atoms with Crippen LogP contribution >= 0.6 is 0 Å². The first-order valence-electron chi connectivity index (χ1n) is 19.7. The van der Waals surface area contributed by atoms with Crippen LogP contribution in [0.3, 0.4) is 0 Å². The van der Waals surface area contributed by atoms with E-state index < -0.39 is 53.8 Å². The predicted molar refractivity (Wildman–Crippen MR) is 214 cm³/mol. The van der Waals surface area contributed by atoms with Gasteiger partial charge in [0.25, 0.3) is 17.7 Å². The standard InChI is InChI=1S/C39H59N9O11/c1-26(2)34(45-31(50)14-22-58-24-25-59-23-16-41-30(49)13-17-48-32(51)11-12-33(48)52)37(54)44-29(6-5-15-42-39(40)56)36(53)43-28-9-7-27(8-10-28)35(57-4)38(55)47-20-18-46(3)19-21-47/h7-12,26,29,34-35H,5-6,13-25H2,1-4H3,(H,41,49)(H,43,53)(H,44,54)(H,45,50)(H3,40,42,56)/t29-,34-,35?/m0/s1. The van der Waals surface area contributed by atoms with Crippen molar-refractivity contribution >= 4 is 53.1 Å². The molecule has 1 unspecified atom stereocenters. The fourth-order valence-electron chi connectivity index (χ4n) is 6.07. The van der Waals surface area contributed by atoms with Crippen molar-refractivity contribution in [1.82, 2.24) is 36.0 Å². The van der Waals surface area contributed by atoms with Gasteiger partial charge in [0.1, 0.15) is 12.1 Å². The van der Waals surface area contributed by atoms with Crippen LogP contribution in [0.15, 0.2) is 36.4 Å². The number of nitrogens with zero attached hydrogens (tertiary/aromatic N) is 3. The molecule has 2 heterocycles. The lowest BCUT2D eigenvalue weighted by molar-refractivity contribution is -0.144. The van der Waals surface area contributed by atoms with Crippen molar-refractivity contribution in [3.05, 3.63) is 42.0 Å². The number of rotatable bonds is 25. The number of anilines is 1. The Balaban J connectivity index is 1.43. The smallest absolute Gasteiger partial charge is 0.312 e. The summed E-state index contributed by atoms with van der Waals surface area (Å²) in [6.45, 7) is 7.24. The lowest BCUT2D eigenvalue weighted by Gasteiger charge is -2.34. The average molecular weight is 830 g/mol. The molecule has 9 amide bonds. The second-order valence-corrected chi connectivity index (χ2v) is 14.4. The number of imide groups is 1. The molecule has 20 heteroatoms. The first-order valence-corrected chi connectivity index (χ1v) is 19.7. The van der Waals surface area contributed by atoms with Crippen molar-refractivity contribution < 1.29 is 52.6 Å². The second kappa shape index (κ2) is 25.1. The largest absolute Gasteiger partial charge is 0.379 e. The molecule has 1 aromatic carbocycles. The van der Waals surface area contributed by atoms with Crippen molar-refractivity contribution in [2.45, 2.75) is 57.7 Å². The molecule has 1 fully saturated rings. The molecule has 2 aliphatic heterocycles. The summed E-state index contributed by atoms with van der Waals surface area (Å²) in [5.74, 6) is -3.25. The fourth-order valence-corrected chi connectivity index (χ4v) is 6.07. The van der Waals surface area contributed by atoms with Crippen molar-refractivity contribution in [1.29, 1.82) is 0 Å². The molecule has 3 rings (SSSR count). The SMILES string of the molecule is COC(C(=O)N1CCN(C)CC1)c1ccc(NC(=O)[C@H](CCCNC(N)=O)NC(=O)[C@@H](NC(=O)CCOCCOCCNC(=O)CCN2C(=O)C=CC2=O)C(C)C)cc1. The van der Waals surface area contributed by atoms with Crippen LogP contribution in [0, 0.1) is 5.92 Å². The van der Waals surface area contributed by atoms with Crippen LogP contribution in [0.5, 0.6) is 0 Å². The van der Waals surface area contributed by atoms with E-state index in [1.807, 2.05) is 7.05 Å². The Labute approximate surface area is 344 Å². The third kappa shape index (κ3) is 16.8. The van der Waals surface area contributed by atoms with Crippen molar-refractivity contribution in [3.8, 4) is 0 Å². The molecule has 59 heavy (non-hydrogen) atoms. The monoisotopic (exact) mass is 829 g/mol. The number of urea groups is 1. The van der Waals surface area contributed by atoms with Gasteiger partial charge in [0.2, 0.25) is 23.6 Å². The normalized spacial score (nSPS) is 15.7. The Bertz CT molecular complexity index is 1610. The topological polar surface area (TPSA) is 260 Å². The van der Waals surface area contributed by atoms with E-state index >= 15 is 0 Å². The quantitative estimate of drug-likeness (QED) is 0.0513. The maximum absolute atomic E-state index is 13.5. The Hall–Kier alpha value is -5.44. The third-order valence-electron chi connectivity index (χ3n) is 9.50. The molecule has 2 aliphatic rings. The van der Waals surface area contributed by atoms with Gasteiger partial charge in [0.05, 0.1) is 26.4 Å². The van der Waals surface area contributed by atoms with Gasteiger partial charge < -0.3 is 56.3 Å². The van der Waals surface area contributed by atoms with Gasteiger partial charge in [-0.1, -0.05) is 26.0 Å². The highest BCUT2D eigenvalue weighted by molar-refractivity contribution is 6.13. The maximum Gasteiger partial charge on any atom is 0.312 e. The zero-order chi connectivity index (χ0) is 43.3. The van der Waals surface area contributed by atoms with Gasteiger partial charge in [-0.05, 0) is 43.5 Å². The van der Waals surface area contributed by atoms with Crippen LogP contribution < -0.4 is 32.3 Å². The molecular weight excluding hydrogens is 770 g/mol. The van der Waals surface area contributed by atoms with Gasteiger partial charge in [0.15, 0.2) is 6.10 Å². The molecule has 3 atom stereocenters. The number of primary amides is 1. The van der Waals surface area contributed by atoms with Gasteiger partial charge in [-0.2, -0.15) is 0 Å². The van der Waals surface area contributed by atoms with E-state index in [1.165, 1.54) is 7.11 Å². The van der Waals surface area contributed by atoms with E-state index in [9.17, 15) is 38.4 Å². The number of amides is 9. The van der Waals surface area contributed by atoms with Crippen LogP contribution in [0.25, 0.3) is 0 Å². The van der Waals surface area contributed by atoms with Gasteiger partial charge >= 0.3 is 6.03 Å². The molecule has 7 N–H and O–H groups in total. The molecule has 1 saturated heterocycles. The minimum Gasteiger partial charge on any atom is -0.379 e. The molecule has 0 saturated carbocycles. The lowest BCUT2D eigenvalue weighted by atomic mass is 10.0. The van der Waals surface area contributed by atoms with Crippen LogP contribution in [0.1, 0.15) is 51.2 Å². The highest BCUT2D eigenvalue weighted by Crippen LogP contribution is 2.23. The first-order chi connectivity index (χ1) is 28.2. The Kier molecular flexibility index (Phi) is 20.4. The molecule has 326 valence electrons. The van der Waals surface area contributed by atoms with E-state index in [4.69, 9.17) is 19.9 Å². The minimum absolute atomic E-state index is 0.00700. The zero-order valence-corrected chi connectivity index (χ0v) is 34.3. The summed E-state index contributed by atoms with van der Waals surface area (Å²) >= 11 is 0. The summed E-state index contributed by atoms with van der Waals surface area (Å²) in [4.78, 5) is 104. The van der Waals surface area contributed by atoms with E-state index in [1.54, 1.807) is 43.0 Å². The number of ether oxygens (including phenoxy) is 3. The number of nitrogens with two attached hydrogens (primary N) is 1. The summed E-state index contributed by atoms with van der Waals surface area (Å²) in [5.41, 5.74) is 6.22. The predicted octanol–water partition coefficient (Wildman–Crippen LogP) is -0.985. The Morgan fingerprint density at radius 1 is 0.780 bits per heavy atom. The van der Waals surface area contributed by atoms with Crippen molar-refractivity contribution in [3.63, 3.8) is 0 Å². The summed E-state index contributed by atoms with van der Waals surface area (Å²) in [6.07, 6.45) is 1.88. The number of nitrogens with one attached hydrogen (secondary N) is 5. The van der Waals surface area contributed by atoms with E-state index in [0.717, 1.165) is 30.1 Å². The Morgan fingerprint density at radius 3 is 2.03 bits per heavy atom. The van der Waals surface area contributed by atoms with Gasteiger partial charge in [0, 0.05) is 83.6 Å². The minimum atomic E-state index is -1.04. The Morgan fingerprint density at radius 2 is 1.42 bits per heavy atom. The van der Waals surface area contributed by atoms with E-state index in [2.05, 4.69) is 31.5 Å². The van der Waals surface area contributed by atoms with Gasteiger partial charge in [-0.3, -0.25) is 38.5 Å². The molecular formula is C39H59N9O11. The number of hydrogen-bond acceptors (Lipinski definition) is 12. The second-order valence-electron chi connectivity index (χ2n) is 14.4. The number of carbonyl (C=O) groups is 8. The first kappa shape index (κ1) is 47.9. The van der Waals surface area contributed by atoms with Crippen LogP contribution in [0.2, 0.25) is 0 Å². The van der Waals surface area contributed by atoms with Crippen molar-refractivity contribution in [2.24, 2.45) is 11.7 Å². The number of hydrogen-bond donors (Lipinski definition) is 6. The van der Waals surface area contributed by atoms with Crippen LogP contribution in [0.4, 0.5) is 10.5 Å². The number of benzene rings is 1.